The third-order valence-corrected chi connectivity index (χ3v) is 4.37. The highest BCUT2D eigenvalue weighted by Crippen LogP contribution is 2.21. The number of aryl methyl sites for hydroxylation is 1. The Morgan fingerprint density at radius 2 is 1.92 bits per heavy atom. The number of halogens is 1. The Balaban J connectivity index is 1.67. The molecule has 2 N–H and O–H groups in total. The number of pyridine rings is 1. The number of amides is 1. The molecule has 2 heterocycles. The smallest absolute Gasteiger partial charge is 0.274 e. The lowest BCUT2D eigenvalue weighted by molar-refractivity contribution is 0.102. The van der Waals surface area contributed by atoms with Crippen LogP contribution in [0.25, 0.3) is 0 Å². The quantitative estimate of drug-likeness (QED) is 0.684. The third kappa shape index (κ3) is 4.60. The molecule has 25 heavy (non-hydrogen) atoms. The number of aromatic nitrogens is 3. The normalized spacial score (nSPS) is 10.3. The summed E-state index contributed by atoms with van der Waals surface area (Å²) in [5.74, 6) is 0.111. The van der Waals surface area contributed by atoms with E-state index in [9.17, 15) is 4.79 Å². The molecule has 0 saturated carbocycles. The molecule has 126 valence electrons. The molecule has 1 amide bonds. The van der Waals surface area contributed by atoms with Crippen molar-refractivity contribution in [2.45, 2.75) is 13.5 Å². The van der Waals surface area contributed by atoms with Gasteiger partial charge >= 0.3 is 0 Å². The first-order chi connectivity index (χ1) is 12.1. The van der Waals surface area contributed by atoms with Gasteiger partial charge in [-0.3, -0.25) is 9.78 Å². The Labute approximate surface area is 153 Å². The number of rotatable bonds is 5. The molecule has 0 aliphatic heterocycles. The van der Waals surface area contributed by atoms with Gasteiger partial charge in [-0.1, -0.05) is 22.0 Å². The zero-order chi connectivity index (χ0) is 17.6. The largest absolute Gasteiger partial charge is 0.350 e. The van der Waals surface area contributed by atoms with Crippen molar-refractivity contribution in [2.24, 2.45) is 0 Å². The number of anilines is 2. The monoisotopic (exact) mass is 397 g/mol. The van der Waals surface area contributed by atoms with Crippen molar-refractivity contribution in [1.29, 1.82) is 0 Å². The highest BCUT2D eigenvalue weighted by molar-refractivity contribution is 9.10. The van der Waals surface area contributed by atoms with Crippen LogP contribution in [0, 0.1) is 6.92 Å². The van der Waals surface area contributed by atoms with Gasteiger partial charge in [0.05, 0.1) is 0 Å². The number of hydrogen-bond donors (Lipinski definition) is 2. The molecule has 0 spiro atoms. The molecule has 0 fully saturated rings. The van der Waals surface area contributed by atoms with E-state index in [4.69, 9.17) is 0 Å². The van der Waals surface area contributed by atoms with Gasteiger partial charge < -0.3 is 10.6 Å². The zero-order valence-corrected chi connectivity index (χ0v) is 15.1. The average Bonchev–Trinajstić information content (AvgIpc) is 2.64. The van der Waals surface area contributed by atoms with Gasteiger partial charge in [-0.2, -0.15) is 0 Å². The summed E-state index contributed by atoms with van der Waals surface area (Å²) in [4.78, 5) is 24.8. The van der Waals surface area contributed by atoms with Crippen LogP contribution in [0.15, 0.2) is 59.5 Å². The minimum absolute atomic E-state index is 0.287. The predicted octanol–water partition coefficient (Wildman–Crippen LogP) is 3.81. The van der Waals surface area contributed by atoms with E-state index >= 15 is 0 Å². The van der Waals surface area contributed by atoms with Crippen molar-refractivity contribution in [3.63, 3.8) is 0 Å². The van der Waals surface area contributed by atoms with Crippen LogP contribution in [0.2, 0.25) is 0 Å². The molecule has 0 bridgehead atoms. The summed E-state index contributed by atoms with van der Waals surface area (Å²) >= 11 is 3.46. The van der Waals surface area contributed by atoms with Gasteiger partial charge in [0.1, 0.15) is 5.69 Å². The molecular formula is C18H16BrN5O. The first-order valence-electron chi connectivity index (χ1n) is 7.65. The molecule has 3 aromatic rings. The number of benzene rings is 1. The molecule has 2 aromatic heterocycles. The van der Waals surface area contributed by atoms with E-state index in [2.05, 4.69) is 41.5 Å². The molecule has 3 rings (SSSR count). The average molecular weight is 398 g/mol. The summed E-state index contributed by atoms with van der Waals surface area (Å²) in [5, 5.41) is 5.93. The highest BCUT2D eigenvalue weighted by atomic mass is 79.9. The number of nitrogens with zero attached hydrogens (tertiary/aromatic N) is 3. The molecule has 6 nitrogen and oxygen atoms in total. The Bertz CT molecular complexity index is 886. The number of carbonyl (C=O) groups excluding carboxylic acids is 1. The highest BCUT2D eigenvalue weighted by Gasteiger charge is 2.10. The Kier molecular flexibility index (Phi) is 5.35. The van der Waals surface area contributed by atoms with E-state index in [1.165, 1.54) is 0 Å². The molecule has 1 aromatic carbocycles. The van der Waals surface area contributed by atoms with E-state index in [0.717, 1.165) is 15.6 Å². The molecule has 0 aliphatic carbocycles. The summed E-state index contributed by atoms with van der Waals surface area (Å²) in [6.45, 7) is 2.54. The lowest BCUT2D eigenvalue weighted by Crippen LogP contribution is -2.15. The first kappa shape index (κ1) is 17.0. The number of hydrogen-bond acceptors (Lipinski definition) is 5. The second kappa shape index (κ2) is 7.85. The van der Waals surface area contributed by atoms with Crippen LogP contribution < -0.4 is 10.6 Å². The molecule has 0 unspecified atom stereocenters. The number of nitrogens with one attached hydrogen (secondary N) is 2. The van der Waals surface area contributed by atoms with Gasteiger partial charge in [-0.05, 0) is 48.4 Å². The predicted molar refractivity (Wildman–Crippen MR) is 100 cm³/mol. The topological polar surface area (TPSA) is 79.8 Å². The van der Waals surface area contributed by atoms with Crippen molar-refractivity contribution in [1.82, 2.24) is 15.0 Å². The Hall–Kier alpha value is -2.80. The fourth-order valence-corrected chi connectivity index (χ4v) is 2.50. The minimum Gasteiger partial charge on any atom is -0.350 e. The molecule has 0 aliphatic rings. The number of carbonyl (C=O) groups is 1. The second-order valence-corrected chi connectivity index (χ2v) is 6.25. The van der Waals surface area contributed by atoms with E-state index < -0.39 is 0 Å². The van der Waals surface area contributed by atoms with Gasteiger partial charge in [0.2, 0.25) is 5.95 Å². The Morgan fingerprint density at radius 1 is 1.12 bits per heavy atom. The molecular weight excluding hydrogens is 382 g/mol. The standard InChI is InChI=1S/C18H16BrN5O/c1-12-2-3-14(10-15(12)19)23-17(25)16-6-9-21-18(24-16)22-11-13-4-7-20-8-5-13/h2-10H,11H2,1H3,(H,23,25)(H,21,22,24). The Morgan fingerprint density at radius 3 is 2.68 bits per heavy atom. The minimum atomic E-state index is -0.287. The molecule has 7 heteroatoms. The summed E-state index contributed by atoms with van der Waals surface area (Å²) in [6, 6.07) is 11.0. The van der Waals surface area contributed by atoms with E-state index in [1.54, 1.807) is 24.7 Å². The zero-order valence-electron chi connectivity index (χ0n) is 13.5. The van der Waals surface area contributed by atoms with Crippen molar-refractivity contribution < 1.29 is 4.79 Å². The third-order valence-electron chi connectivity index (χ3n) is 3.52. The fourth-order valence-electron chi connectivity index (χ4n) is 2.12. The van der Waals surface area contributed by atoms with Crippen LogP contribution in [-0.4, -0.2) is 20.9 Å². The molecule has 0 saturated heterocycles. The van der Waals surface area contributed by atoms with Crippen LogP contribution in [0.3, 0.4) is 0 Å². The van der Waals surface area contributed by atoms with Crippen LogP contribution in [-0.2, 0) is 6.54 Å². The van der Waals surface area contributed by atoms with Gasteiger partial charge in [0, 0.05) is 35.3 Å². The maximum Gasteiger partial charge on any atom is 0.274 e. The van der Waals surface area contributed by atoms with Crippen LogP contribution in [0.5, 0.6) is 0 Å². The van der Waals surface area contributed by atoms with Crippen LogP contribution >= 0.6 is 15.9 Å². The first-order valence-corrected chi connectivity index (χ1v) is 8.44. The lowest BCUT2D eigenvalue weighted by Gasteiger charge is -2.08. The van der Waals surface area contributed by atoms with Gasteiger partial charge in [-0.15, -0.1) is 0 Å². The SMILES string of the molecule is Cc1ccc(NC(=O)c2ccnc(NCc3ccncc3)n2)cc1Br. The summed E-state index contributed by atoms with van der Waals surface area (Å²) in [7, 11) is 0. The van der Waals surface area contributed by atoms with Crippen molar-refractivity contribution >= 4 is 33.5 Å². The fraction of sp³-hybridized carbons (Fsp3) is 0.111. The summed E-state index contributed by atoms with van der Waals surface area (Å²) in [6.07, 6.45) is 5.00. The van der Waals surface area contributed by atoms with E-state index in [0.29, 0.717) is 23.9 Å². The maximum atomic E-state index is 12.4. The van der Waals surface area contributed by atoms with Crippen LogP contribution in [0.1, 0.15) is 21.6 Å². The van der Waals surface area contributed by atoms with E-state index in [-0.39, 0.29) is 5.91 Å². The van der Waals surface area contributed by atoms with Gasteiger partial charge in [0.15, 0.2) is 0 Å². The maximum absolute atomic E-state index is 12.4. The summed E-state index contributed by atoms with van der Waals surface area (Å²) < 4.78 is 0.938. The summed E-state index contributed by atoms with van der Waals surface area (Å²) in [5.41, 5.74) is 3.15. The van der Waals surface area contributed by atoms with Gasteiger partial charge in [0.25, 0.3) is 5.91 Å². The van der Waals surface area contributed by atoms with Crippen molar-refractivity contribution in [3.8, 4) is 0 Å². The molecule has 0 atom stereocenters. The van der Waals surface area contributed by atoms with Gasteiger partial charge in [-0.25, -0.2) is 9.97 Å². The molecule has 0 radical (unpaired) electrons. The van der Waals surface area contributed by atoms with Crippen LogP contribution in [0.4, 0.5) is 11.6 Å². The second-order valence-electron chi connectivity index (χ2n) is 5.39. The van der Waals surface area contributed by atoms with E-state index in [1.807, 2.05) is 37.3 Å². The lowest BCUT2D eigenvalue weighted by atomic mass is 10.2. The van der Waals surface area contributed by atoms with Crippen molar-refractivity contribution in [2.75, 3.05) is 10.6 Å². The van der Waals surface area contributed by atoms with Crippen molar-refractivity contribution in [3.05, 3.63) is 76.3 Å².